The molecule has 1 N–H and O–H groups in total. The van der Waals surface area contributed by atoms with Crippen molar-refractivity contribution in [3.8, 4) is 5.75 Å². The Kier molecular flexibility index (Phi) is 4.76. The van der Waals surface area contributed by atoms with Crippen molar-refractivity contribution in [2.75, 3.05) is 20.2 Å². The molecule has 5 nitrogen and oxygen atoms in total. The maximum Gasteiger partial charge on any atom is 0.326 e. The molecule has 0 aliphatic carbocycles. The number of imidazole rings is 1. The van der Waals surface area contributed by atoms with Crippen LogP contribution in [0.2, 0.25) is 0 Å². The zero-order valence-corrected chi connectivity index (χ0v) is 14.3. The summed E-state index contributed by atoms with van der Waals surface area (Å²) in [5.41, 5.74) is 1.84. The van der Waals surface area contributed by atoms with Gasteiger partial charge >= 0.3 is 5.69 Å². The van der Waals surface area contributed by atoms with Crippen molar-refractivity contribution < 1.29 is 4.74 Å². The standard InChI is InChI=1S/C18H27N3O2/c1-4-13(5-2)20-10-8-14(9-11-20)21-17-12-15(23-3)6-7-16(17)19-18(21)22/h6-7,12-14H,4-5,8-11H2,1-3H3,(H,19,22). The summed E-state index contributed by atoms with van der Waals surface area (Å²) in [5.74, 6) is 0.791. The minimum absolute atomic E-state index is 0.00534. The van der Waals surface area contributed by atoms with Gasteiger partial charge < -0.3 is 14.6 Å². The molecular weight excluding hydrogens is 290 g/mol. The molecule has 0 spiro atoms. The van der Waals surface area contributed by atoms with Crippen molar-refractivity contribution in [3.63, 3.8) is 0 Å². The molecule has 0 saturated carbocycles. The van der Waals surface area contributed by atoms with Gasteiger partial charge in [-0.3, -0.25) is 4.57 Å². The second-order valence-electron chi connectivity index (χ2n) is 6.42. The molecular formula is C18H27N3O2. The molecule has 1 fully saturated rings. The molecule has 1 aromatic heterocycles. The third-order valence-corrected chi connectivity index (χ3v) is 5.25. The average molecular weight is 317 g/mol. The number of nitrogens with one attached hydrogen (secondary N) is 1. The maximum absolute atomic E-state index is 12.4. The highest BCUT2D eigenvalue weighted by Gasteiger charge is 2.26. The Morgan fingerprint density at radius 2 is 1.96 bits per heavy atom. The quantitative estimate of drug-likeness (QED) is 0.921. The predicted octanol–water partition coefficient (Wildman–Crippen LogP) is 3.16. The third-order valence-electron chi connectivity index (χ3n) is 5.25. The van der Waals surface area contributed by atoms with Crippen molar-refractivity contribution in [3.05, 3.63) is 28.7 Å². The number of ether oxygens (including phenoxy) is 1. The van der Waals surface area contributed by atoms with Crippen LogP contribution in [0.15, 0.2) is 23.0 Å². The van der Waals surface area contributed by atoms with E-state index in [4.69, 9.17) is 4.74 Å². The smallest absolute Gasteiger partial charge is 0.326 e. The largest absolute Gasteiger partial charge is 0.497 e. The lowest BCUT2D eigenvalue weighted by molar-refractivity contribution is 0.128. The van der Waals surface area contributed by atoms with Gasteiger partial charge in [-0.15, -0.1) is 0 Å². The van der Waals surface area contributed by atoms with Gasteiger partial charge in [-0.1, -0.05) is 13.8 Å². The highest BCUT2D eigenvalue weighted by Crippen LogP contribution is 2.28. The molecule has 0 amide bonds. The first kappa shape index (κ1) is 16.1. The van der Waals surface area contributed by atoms with Crippen LogP contribution >= 0.6 is 0 Å². The molecule has 2 aromatic rings. The maximum atomic E-state index is 12.4. The summed E-state index contributed by atoms with van der Waals surface area (Å²) < 4.78 is 7.25. The number of fused-ring (bicyclic) bond motifs is 1. The van der Waals surface area contributed by atoms with Crippen LogP contribution in [0.4, 0.5) is 0 Å². The molecule has 2 heterocycles. The fourth-order valence-electron chi connectivity index (χ4n) is 3.91. The van der Waals surface area contributed by atoms with Crippen LogP contribution in [-0.2, 0) is 0 Å². The molecule has 1 saturated heterocycles. The minimum atomic E-state index is -0.00534. The van der Waals surface area contributed by atoms with Gasteiger partial charge in [0.25, 0.3) is 0 Å². The second-order valence-corrected chi connectivity index (χ2v) is 6.42. The van der Waals surface area contributed by atoms with Crippen LogP contribution in [0, 0.1) is 0 Å². The first-order valence-electron chi connectivity index (χ1n) is 8.70. The SMILES string of the molecule is CCC(CC)N1CCC(n2c(=O)[nH]c3ccc(OC)cc32)CC1. The fraction of sp³-hybridized carbons (Fsp3) is 0.611. The van der Waals surface area contributed by atoms with Gasteiger partial charge in [0.2, 0.25) is 0 Å². The van der Waals surface area contributed by atoms with E-state index in [1.807, 2.05) is 22.8 Å². The summed E-state index contributed by atoms with van der Waals surface area (Å²) in [6.07, 6.45) is 4.46. The van der Waals surface area contributed by atoms with E-state index in [1.165, 1.54) is 12.8 Å². The first-order valence-corrected chi connectivity index (χ1v) is 8.70. The summed E-state index contributed by atoms with van der Waals surface area (Å²) in [6.45, 7) is 6.66. The Morgan fingerprint density at radius 1 is 1.26 bits per heavy atom. The van der Waals surface area contributed by atoms with Gasteiger partial charge in [-0.2, -0.15) is 0 Å². The molecule has 3 rings (SSSR count). The Balaban J connectivity index is 1.84. The molecule has 23 heavy (non-hydrogen) atoms. The number of benzene rings is 1. The normalized spacial score (nSPS) is 17.2. The molecule has 0 bridgehead atoms. The molecule has 0 atom stereocenters. The summed E-state index contributed by atoms with van der Waals surface area (Å²) in [4.78, 5) is 18.0. The van der Waals surface area contributed by atoms with E-state index in [-0.39, 0.29) is 11.7 Å². The van der Waals surface area contributed by atoms with Gasteiger partial charge in [-0.25, -0.2) is 4.79 Å². The van der Waals surface area contributed by atoms with Crippen LogP contribution in [-0.4, -0.2) is 40.7 Å². The van der Waals surface area contributed by atoms with Crippen molar-refractivity contribution in [1.82, 2.24) is 14.5 Å². The zero-order chi connectivity index (χ0) is 16.4. The van der Waals surface area contributed by atoms with E-state index in [0.29, 0.717) is 6.04 Å². The zero-order valence-electron chi connectivity index (χ0n) is 14.3. The van der Waals surface area contributed by atoms with Crippen LogP contribution < -0.4 is 10.4 Å². The first-order chi connectivity index (χ1) is 11.2. The fourth-order valence-corrected chi connectivity index (χ4v) is 3.91. The number of hydrogen-bond donors (Lipinski definition) is 1. The average Bonchev–Trinajstić information content (AvgIpc) is 2.91. The highest BCUT2D eigenvalue weighted by molar-refractivity contribution is 5.77. The van der Waals surface area contributed by atoms with Gasteiger partial charge in [-0.05, 0) is 37.8 Å². The van der Waals surface area contributed by atoms with Crippen molar-refractivity contribution >= 4 is 11.0 Å². The van der Waals surface area contributed by atoms with Crippen molar-refractivity contribution in [1.29, 1.82) is 0 Å². The molecule has 5 heteroatoms. The highest BCUT2D eigenvalue weighted by atomic mass is 16.5. The molecule has 1 aliphatic heterocycles. The van der Waals surface area contributed by atoms with Crippen LogP contribution in [0.5, 0.6) is 5.75 Å². The van der Waals surface area contributed by atoms with E-state index in [9.17, 15) is 4.79 Å². The summed E-state index contributed by atoms with van der Waals surface area (Å²) >= 11 is 0. The lowest BCUT2D eigenvalue weighted by atomic mass is 10.0. The molecule has 1 aliphatic rings. The van der Waals surface area contributed by atoms with Crippen LogP contribution in [0.25, 0.3) is 11.0 Å². The Bertz CT molecular complexity index is 707. The number of piperidine rings is 1. The summed E-state index contributed by atoms with van der Waals surface area (Å²) in [7, 11) is 1.66. The van der Waals surface area contributed by atoms with E-state index < -0.39 is 0 Å². The Labute approximate surface area is 137 Å². The number of hydrogen-bond acceptors (Lipinski definition) is 3. The van der Waals surface area contributed by atoms with Gasteiger partial charge in [0.15, 0.2) is 0 Å². The Hall–Kier alpha value is -1.75. The summed E-state index contributed by atoms with van der Waals surface area (Å²) in [5, 5.41) is 0. The number of H-pyrrole nitrogens is 1. The van der Waals surface area contributed by atoms with Crippen LogP contribution in [0.3, 0.4) is 0 Å². The third kappa shape index (κ3) is 3.02. The number of methoxy groups -OCH3 is 1. The molecule has 0 unspecified atom stereocenters. The number of aromatic nitrogens is 2. The topological polar surface area (TPSA) is 50.3 Å². The Morgan fingerprint density at radius 3 is 2.57 bits per heavy atom. The number of aromatic amines is 1. The minimum Gasteiger partial charge on any atom is -0.497 e. The predicted molar refractivity (Wildman–Crippen MR) is 93.3 cm³/mol. The number of nitrogens with zero attached hydrogens (tertiary/aromatic N) is 2. The number of rotatable bonds is 5. The van der Waals surface area contributed by atoms with Gasteiger partial charge in [0.1, 0.15) is 5.75 Å². The van der Waals surface area contributed by atoms with Gasteiger partial charge in [0, 0.05) is 31.2 Å². The second kappa shape index (κ2) is 6.79. The van der Waals surface area contributed by atoms with Gasteiger partial charge in [0.05, 0.1) is 18.1 Å². The van der Waals surface area contributed by atoms with Crippen LogP contribution in [0.1, 0.15) is 45.6 Å². The van der Waals surface area contributed by atoms with E-state index in [2.05, 4.69) is 23.7 Å². The van der Waals surface area contributed by atoms with E-state index >= 15 is 0 Å². The lowest BCUT2D eigenvalue weighted by Crippen LogP contribution is -2.42. The molecule has 1 aromatic carbocycles. The van der Waals surface area contributed by atoms with Crippen molar-refractivity contribution in [2.24, 2.45) is 0 Å². The number of likely N-dealkylation sites (tertiary alicyclic amines) is 1. The van der Waals surface area contributed by atoms with E-state index in [0.717, 1.165) is 42.7 Å². The monoisotopic (exact) mass is 317 g/mol. The molecule has 126 valence electrons. The lowest BCUT2D eigenvalue weighted by Gasteiger charge is -2.37. The molecule has 0 radical (unpaired) electrons. The van der Waals surface area contributed by atoms with Crippen molar-refractivity contribution in [2.45, 2.75) is 51.6 Å². The summed E-state index contributed by atoms with van der Waals surface area (Å²) in [6, 6.07) is 6.72. The van der Waals surface area contributed by atoms with E-state index in [1.54, 1.807) is 7.11 Å².